The maximum Gasteiger partial charge on any atom is 0.244 e. The lowest BCUT2D eigenvalue weighted by atomic mass is 9.94. The van der Waals surface area contributed by atoms with E-state index in [0.29, 0.717) is 24.2 Å². The molecule has 1 aromatic heterocycles. The topological polar surface area (TPSA) is 60.2 Å². The highest BCUT2D eigenvalue weighted by atomic mass is 16.5. The van der Waals surface area contributed by atoms with E-state index in [2.05, 4.69) is 22.4 Å². The van der Waals surface area contributed by atoms with Crippen LogP contribution in [0, 0.1) is 5.92 Å². The number of rotatable bonds is 4. The molecule has 1 aromatic carbocycles. The van der Waals surface area contributed by atoms with Gasteiger partial charge in [0.05, 0.1) is 12.6 Å². The number of aromatic nitrogens is 2. The quantitative estimate of drug-likeness (QED) is 0.935. The van der Waals surface area contributed by atoms with Gasteiger partial charge in [-0.25, -0.2) is 0 Å². The maximum absolute atomic E-state index is 5.51. The van der Waals surface area contributed by atoms with Crippen LogP contribution in [0.1, 0.15) is 38.6 Å². The van der Waals surface area contributed by atoms with E-state index in [9.17, 15) is 0 Å². The zero-order chi connectivity index (χ0) is 14.7. The molecule has 21 heavy (non-hydrogen) atoms. The van der Waals surface area contributed by atoms with Gasteiger partial charge in [0.2, 0.25) is 11.7 Å². The Labute approximate surface area is 124 Å². The molecule has 0 spiro atoms. The Hall–Kier alpha value is -1.88. The van der Waals surface area contributed by atoms with Crippen molar-refractivity contribution in [2.75, 3.05) is 13.2 Å². The van der Waals surface area contributed by atoms with Crippen molar-refractivity contribution in [1.29, 1.82) is 0 Å². The molecule has 1 aliphatic rings. The van der Waals surface area contributed by atoms with Crippen LogP contribution >= 0.6 is 0 Å². The summed E-state index contributed by atoms with van der Waals surface area (Å²) in [5.41, 5.74) is 0.916. The number of hydrogen-bond donors (Lipinski definition) is 1. The largest absolute Gasteiger partial charge is 0.494 e. The number of benzene rings is 1. The molecule has 2 atom stereocenters. The summed E-state index contributed by atoms with van der Waals surface area (Å²) >= 11 is 0. The van der Waals surface area contributed by atoms with Gasteiger partial charge < -0.3 is 14.6 Å². The Bertz CT molecular complexity index is 597. The molecular weight excluding hydrogens is 266 g/mol. The van der Waals surface area contributed by atoms with Crippen LogP contribution < -0.4 is 10.1 Å². The van der Waals surface area contributed by atoms with E-state index in [1.165, 1.54) is 6.42 Å². The van der Waals surface area contributed by atoms with Crippen LogP contribution in [-0.2, 0) is 0 Å². The first kappa shape index (κ1) is 14.1. The van der Waals surface area contributed by atoms with Crippen LogP contribution in [0.25, 0.3) is 11.4 Å². The third-order valence-corrected chi connectivity index (χ3v) is 3.81. The van der Waals surface area contributed by atoms with E-state index in [-0.39, 0.29) is 6.04 Å². The van der Waals surface area contributed by atoms with E-state index in [1.54, 1.807) is 0 Å². The number of piperidine rings is 1. The van der Waals surface area contributed by atoms with Crippen molar-refractivity contribution in [2.24, 2.45) is 5.92 Å². The van der Waals surface area contributed by atoms with Crippen LogP contribution in [0.4, 0.5) is 0 Å². The summed E-state index contributed by atoms with van der Waals surface area (Å²) in [5, 5.41) is 7.55. The lowest BCUT2D eigenvalue weighted by molar-refractivity contribution is 0.260. The molecule has 0 aliphatic carbocycles. The monoisotopic (exact) mass is 287 g/mol. The predicted molar refractivity (Wildman–Crippen MR) is 80.0 cm³/mol. The molecular formula is C16H21N3O2. The zero-order valence-corrected chi connectivity index (χ0v) is 12.5. The average Bonchev–Trinajstić information content (AvgIpc) is 2.98. The first-order valence-electron chi connectivity index (χ1n) is 7.56. The predicted octanol–water partition coefficient (Wildman–Crippen LogP) is 3.20. The minimum absolute atomic E-state index is 0.171. The molecule has 5 heteroatoms. The SMILES string of the molecule is CCOc1cccc(-c2noc(C3CC(C)CCN3)n2)c1. The molecule has 1 N–H and O–H groups in total. The van der Waals surface area contributed by atoms with E-state index >= 15 is 0 Å². The molecule has 3 rings (SSSR count). The van der Waals surface area contributed by atoms with Crippen molar-refractivity contribution in [2.45, 2.75) is 32.7 Å². The smallest absolute Gasteiger partial charge is 0.244 e. The van der Waals surface area contributed by atoms with Crippen LogP contribution in [0.3, 0.4) is 0 Å². The van der Waals surface area contributed by atoms with Crippen LogP contribution in [-0.4, -0.2) is 23.3 Å². The van der Waals surface area contributed by atoms with E-state index in [0.717, 1.165) is 24.3 Å². The molecule has 112 valence electrons. The van der Waals surface area contributed by atoms with Crippen molar-refractivity contribution < 1.29 is 9.26 Å². The standard InChI is InChI=1S/C16H21N3O2/c1-3-20-13-6-4-5-12(10-13)15-18-16(21-19-15)14-9-11(2)7-8-17-14/h4-6,10-11,14,17H,3,7-9H2,1-2H3. The first-order chi connectivity index (χ1) is 10.3. The molecule has 5 nitrogen and oxygen atoms in total. The minimum atomic E-state index is 0.171. The summed E-state index contributed by atoms with van der Waals surface area (Å²) in [7, 11) is 0. The van der Waals surface area contributed by atoms with Crippen LogP contribution in [0.5, 0.6) is 5.75 Å². The fourth-order valence-electron chi connectivity index (χ4n) is 2.68. The number of ether oxygens (including phenoxy) is 1. The summed E-state index contributed by atoms with van der Waals surface area (Å²) < 4.78 is 10.9. The highest BCUT2D eigenvalue weighted by Crippen LogP contribution is 2.28. The molecule has 0 amide bonds. The minimum Gasteiger partial charge on any atom is -0.494 e. The van der Waals surface area contributed by atoms with Crippen molar-refractivity contribution in [3.05, 3.63) is 30.2 Å². The van der Waals surface area contributed by atoms with Gasteiger partial charge >= 0.3 is 0 Å². The van der Waals surface area contributed by atoms with E-state index < -0.39 is 0 Å². The third-order valence-electron chi connectivity index (χ3n) is 3.81. The lowest BCUT2D eigenvalue weighted by Gasteiger charge is -2.25. The number of nitrogens with one attached hydrogen (secondary N) is 1. The van der Waals surface area contributed by atoms with Crippen LogP contribution in [0.15, 0.2) is 28.8 Å². The summed E-state index contributed by atoms with van der Waals surface area (Å²) in [5.74, 6) is 2.81. The second-order valence-electron chi connectivity index (χ2n) is 5.55. The van der Waals surface area contributed by atoms with Gasteiger partial charge in [0.25, 0.3) is 0 Å². The van der Waals surface area contributed by atoms with Gasteiger partial charge in [-0.15, -0.1) is 0 Å². The Kier molecular flexibility index (Phi) is 4.20. The fourth-order valence-corrected chi connectivity index (χ4v) is 2.68. The van der Waals surface area contributed by atoms with Gasteiger partial charge in [0.1, 0.15) is 5.75 Å². The summed E-state index contributed by atoms with van der Waals surface area (Å²) in [4.78, 5) is 4.54. The molecule has 0 saturated carbocycles. The Morgan fingerprint density at radius 3 is 3.14 bits per heavy atom. The van der Waals surface area contributed by atoms with E-state index in [4.69, 9.17) is 9.26 Å². The zero-order valence-electron chi connectivity index (χ0n) is 12.5. The highest BCUT2D eigenvalue weighted by Gasteiger charge is 2.25. The normalized spacial score (nSPS) is 22.2. The van der Waals surface area contributed by atoms with Crippen molar-refractivity contribution in [3.63, 3.8) is 0 Å². The molecule has 0 bridgehead atoms. The van der Waals surface area contributed by atoms with Gasteiger partial charge in [0, 0.05) is 5.56 Å². The highest BCUT2D eigenvalue weighted by molar-refractivity contribution is 5.56. The third kappa shape index (κ3) is 3.24. The average molecular weight is 287 g/mol. The molecule has 2 heterocycles. The molecule has 1 fully saturated rings. The Morgan fingerprint density at radius 1 is 1.43 bits per heavy atom. The van der Waals surface area contributed by atoms with Gasteiger partial charge in [-0.1, -0.05) is 24.2 Å². The van der Waals surface area contributed by atoms with Crippen LogP contribution in [0.2, 0.25) is 0 Å². The first-order valence-corrected chi connectivity index (χ1v) is 7.56. The van der Waals surface area contributed by atoms with Gasteiger partial charge in [-0.05, 0) is 44.4 Å². The second-order valence-corrected chi connectivity index (χ2v) is 5.55. The molecule has 1 saturated heterocycles. The van der Waals surface area contributed by atoms with Crippen molar-refractivity contribution in [3.8, 4) is 17.1 Å². The summed E-state index contributed by atoms with van der Waals surface area (Å²) in [6, 6.07) is 7.95. The summed E-state index contributed by atoms with van der Waals surface area (Å²) in [6.45, 7) is 5.87. The van der Waals surface area contributed by atoms with Gasteiger partial charge in [-0.2, -0.15) is 4.98 Å². The van der Waals surface area contributed by atoms with Gasteiger partial charge in [-0.3, -0.25) is 0 Å². The van der Waals surface area contributed by atoms with Crippen molar-refractivity contribution in [1.82, 2.24) is 15.5 Å². The number of hydrogen-bond acceptors (Lipinski definition) is 5. The fraction of sp³-hybridized carbons (Fsp3) is 0.500. The lowest BCUT2D eigenvalue weighted by Crippen LogP contribution is -2.30. The summed E-state index contributed by atoms with van der Waals surface area (Å²) in [6.07, 6.45) is 2.24. The Balaban J connectivity index is 1.79. The van der Waals surface area contributed by atoms with E-state index in [1.807, 2.05) is 31.2 Å². The molecule has 2 unspecified atom stereocenters. The maximum atomic E-state index is 5.51. The second kappa shape index (κ2) is 6.26. The molecule has 0 radical (unpaired) electrons. The molecule has 2 aromatic rings. The molecule has 1 aliphatic heterocycles. The van der Waals surface area contributed by atoms with Crippen molar-refractivity contribution >= 4 is 0 Å². The number of nitrogens with zero attached hydrogens (tertiary/aromatic N) is 2. The Morgan fingerprint density at radius 2 is 2.33 bits per heavy atom. The van der Waals surface area contributed by atoms with Gasteiger partial charge in [0.15, 0.2) is 0 Å².